The Morgan fingerprint density at radius 1 is 0.917 bits per heavy atom. The van der Waals surface area contributed by atoms with Gasteiger partial charge in [0.2, 0.25) is 0 Å². The lowest BCUT2D eigenvalue weighted by Gasteiger charge is -2.35. The molecule has 0 saturated carbocycles. The smallest absolute Gasteiger partial charge is 0.131 e. The molecule has 2 aromatic rings. The lowest BCUT2D eigenvalue weighted by Crippen LogP contribution is -2.46. The number of ether oxygens (including phenoxy) is 3. The first-order chi connectivity index (χ1) is 11.7. The maximum atomic E-state index is 5.90. The summed E-state index contributed by atoms with van der Waals surface area (Å²) in [6.07, 6.45) is 0.577. The molecule has 4 heteroatoms. The molecular formula is C20H25NO3. The fourth-order valence-corrected chi connectivity index (χ4v) is 3.01. The van der Waals surface area contributed by atoms with E-state index in [4.69, 9.17) is 14.2 Å². The van der Waals surface area contributed by atoms with Gasteiger partial charge in [-0.05, 0) is 38.1 Å². The molecule has 0 spiro atoms. The lowest BCUT2D eigenvalue weighted by molar-refractivity contribution is -0.0699. The van der Waals surface area contributed by atoms with Crippen LogP contribution in [0.4, 0.5) is 0 Å². The van der Waals surface area contributed by atoms with Crippen LogP contribution in [0.1, 0.15) is 13.8 Å². The van der Waals surface area contributed by atoms with Crippen molar-refractivity contribution in [3.05, 3.63) is 54.6 Å². The topological polar surface area (TPSA) is 30.9 Å². The number of rotatable bonds is 6. The van der Waals surface area contributed by atoms with Crippen LogP contribution < -0.4 is 9.47 Å². The summed E-state index contributed by atoms with van der Waals surface area (Å²) in [5.74, 6) is 2.44. The van der Waals surface area contributed by atoms with Gasteiger partial charge < -0.3 is 14.2 Å². The minimum Gasteiger partial charge on any atom is -0.492 e. The summed E-state index contributed by atoms with van der Waals surface area (Å²) in [7, 11) is 0. The first-order valence-electron chi connectivity index (χ1n) is 8.52. The average molecular weight is 327 g/mol. The third-order valence-electron chi connectivity index (χ3n) is 3.96. The van der Waals surface area contributed by atoms with Crippen molar-refractivity contribution in [3.63, 3.8) is 0 Å². The predicted octanol–water partition coefficient (Wildman–Crippen LogP) is 3.97. The van der Waals surface area contributed by atoms with E-state index in [2.05, 4.69) is 18.7 Å². The quantitative estimate of drug-likeness (QED) is 0.803. The maximum absolute atomic E-state index is 5.90. The van der Waals surface area contributed by atoms with Gasteiger partial charge in [-0.15, -0.1) is 0 Å². The van der Waals surface area contributed by atoms with Crippen LogP contribution in [0.25, 0.3) is 0 Å². The zero-order valence-corrected chi connectivity index (χ0v) is 14.4. The second-order valence-electron chi connectivity index (χ2n) is 6.26. The number of hydrogen-bond donors (Lipinski definition) is 0. The van der Waals surface area contributed by atoms with Crippen LogP contribution in [0.2, 0.25) is 0 Å². The van der Waals surface area contributed by atoms with Crippen LogP contribution in [-0.2, 0) is 4.74 Å². The van der Waals surface area contributed by atoms with Gasteiger partial charge in [0, 0.05) is 25.7 Å². The monoisotopic (exact) mass is 327 g/mol. The molecule has 0 bridgehead atoms. The number of benzene rings is 2. The van der Waals surface area contributed by atoms with Crippen LogP contribution in [-0.4, -0.2) is 43.3 Å². The molecule has 24 heavy (non-hydrogen) atoms. The van der Waals surface area contributed by atoms with Gasteiger partial charge in [-0.25, -0.2) is 0 Å². The molecule has 2 atom stereocenters. The van der Waals surface area contributed by atoms with Crippen molar-refractivity contribution < 1.29 is 14.2 Å². The summed E-state index contributed by atoms with van der Waals surface area (Å²) >= 11 is 0. The summed E-state index contributed by atoms with van der Waals surface area (Å²) in [6, 6.07) is 17.5. The van der Waals surface area contributed by atoms with E-state index in [1.807, 2.05) is 54.6 Å². The van der Waals surface area contributed by atoms with E-state index in [0.717, 1.165) is 36.9 Å². The van der Waals surface area contributed by atoms with Crippen molar-refractivity contribution in [2.24, 2.45) is 0 Å². The van der Waals surface area contributed by atoms with Crippen molar-refractivity contribution >= 4 is 0 Å². The third-order valence-corrected chi connectivity index (χ3v) is 3.96. The Morgan fingerprint density at radius 3 is 2.33 bits per heavy atom. The van der Waals surface area contributed by atoms with Crippen LogP contribution in [0.5, 0.6) is 17.2 Å². The third kappa shape index (κ3) is 4.98. The first-order valence-corrected chi connectivity index (χ1v) is 8.52. The molecule has 1 heterocycles. The van der Waals surface area contributed by atoms with Crippen molar-refractivity contribution in [1.82, 2.24) is 4.90 Å². The highest BCUT2D eigenvalue weighted by Gasteiger charge is 2.21. The van der Waals surface area contributed by atoms with Crippen LogP contribution >= 0.6 is 0 Å². The summed E-state index contributed by atoms with van der Waals surface area (Å²) < 4.78 is 17.5. The zero-order chi connectivity index (χ0) is 16.8. The molecule has 2 aromatic carbocycles. The Morgan fingerprint density at radius 2 is 1.58 bits per heavy atom. The van der Waals surface area contributed by atoms with Gasteiger partial charge in [0.1, 0.15) is 23.9 Å². The Kier molecular flexibility index (Phi) is 5.72. The van der Waals surface area contributed by atoms with E-state index in [1.165, 1.54) is 0 Å². The predicted molar refractivity (Wildman–Crippen MR) is 94.9 cm³/mol. The minimum atomic E-state index is 0.288. The maximum Gasteiger partial charge on any atom is 0.131 e. The molecule has 0 amide bonds. The Balaban J connectivity index is 1.50. The minimum absolute atomic E-state index is 0.288. The molecule has 0 aliphatic carbocycles. The molecule has 1 aliphatic rings. The Labute approximate surface area is 144 Å². The lowest BCUT2D eigenvalue weighted by atomic mass is 10.2. The van der Waals surface area contributed by atoms with Gasteiger partial charge >= 0.3 is 0 Å². The van der Waals surface area contributed by atoms with Crippen LogP contribution in [0, 0.1) is 0 Å². The van der Waals surface area contributed by atoms with Gasteiger partial charge in [-0.1, -0.05) is 24.3 Å². The highest BCUT2D eigenvalue weighted by molar-refractivity contribution is 5.36. The van der Waals surface area contributed by atoms with E-state index in [9.17, 15) is 0 Å². The van der Waals surface area contributed by atoms with E-state index in [0.29, 0.717) is 6.61 Å². The van der Waals surface area contributed by atoms with Gasteiger partial charge in [0.15, 0.2) is 0 Å². The van der Waals surface area contributed by atoms with Crippen LogP contribution in [0.15, 0.2) is 54.6 Å². The van der Waals surface area contributed by atoms with Gasteiger partial charge in [0.25, 0.3) is 0 Å². The summed E-state index contributed by atoms with van der Waals surface area (Å²) in [4.78, 5) is 2.39. The second kappa shape index (κ2) is 8.18. The second-order valence-corrected chi connectivity index (χ2v) is 6.26. The molecule has 128 valence electrons. The largest absolute Gasteiger partial charge is 0.492 e. The normalized spacial score (nSPS) is 21.4. The molecule has 0 aromatic heterocycles. The van der Waals surface area contributed by atoms with Crippen LogP contribution in [0.3, 0.4) is 0 Å². The van der Waals surface area contributed by atoms with Crippen molar-refractivity contribution in [3.8, 4) is 17.2 Å². The van der Waals surface area contributed by atoms with Crippen molar-refractivity contribution in [2.75, 3.05) is 26.2 Å². The average Bonchev–Trinajstić information content (AvgIpc) is 2.55. The molecule has 3 rings (SSSR count). The molecule has 1 saturated heterocycles. The fraction of sp³-hybridized carbons (Fsp3) is 0.400. The first kappa shape index (κ1) is 16.8. The number of nitrogens with zero attached hydrogens (tertiary/aromatic N) is 1. The SMILES string of the molecule is C[C@H]1CN(CCOc2cccc(Oc3ccccc3)c2)C[C@H](C)O1. The molecule has 1 fully saturated rings. The summed E-state index contributed by atoms with van der Waals surface area (Å²) in [5, 5.41) is 0. The van der Waals surface area contributed by atoms with E-state index >= 15 is 0 Å². The zero-order valence-electron chi connectivity index (χ0n) is 14.4. The van der Waals surface area contributed by atoms with Gasteiger partial charge in [-0.3, -0.25) is 4.90 Å². The van der Waals surface area contributed by atoms with Crippen molar-refractivity contribution in [2.45, 2.75) is 26.1 Å². The molecule has 4 nitrogen and oxygen atoms in total. The standard InChI is InChI=1S/C20H25NO3/c1-16-14-21(15-17(2)23-16)11-12-22-19-9-6-10-20(13-19)24-18-7-4-3-5-8-18/h3-10,13,16-17H,11-12,14-15H2,1-2H3/t16-,17-/m0/s1. The molecule has 0 unspecified atom stereocenters. The Hall–Kier alpha value is -2.04. The Bertz CT molecular complexity index is 622. The van der Waals surface area contributed by atoms with E-state index < -0.39 is 0 Å². The summed E-state index contributed by atoms with van der Waals surface area (Å²) in [5.41, 5.74) is 0. The van der Waals surface area contributed by atoms with E-state index in [1.54, 1.807) is 0 Å². The molecular weight excluding hydrogens is 302 g/mol. The summed E-state index contributed by atoms with van der Waals surface area (Å²) in [6.45, 7) is 7.73. The molecule has 1 aliphatic heterocycles. The van der Waals surface area contributed by atoms with Gasteiger partial charge in [0.05, 0.1) is 12.2 Å². The highest BCUT2D eigenvalue weighted by Crippen LogP contribution is 2.25. The fourth-order valence-electron chi connectivity index (χ4n) is 3.01. The molecule has 0 N–H and O–H groups in total. The number of hydrogen-bond acceptors (Lipinski definition) is 4. The van der Waals surface area contributed by atoms with Crippen molar-refractivity contribution in [1.29, 1.82) is 0 Å². The number of para-hydroxylation sites is 1. The highest BCUT2D eigenvalue weighted by atomic mass is 16.5. The van der Waals surface area contributed by atoms with Gasteiger partial charge in [-0.2, -0.15) is 0 Å². The molecule has 0 radical (unpaired) electrons. The van der Waals surface area contributed by atoms with E-state index in [-0.39, 0.29) is 12.2 Å². The number of morpholine rings is 1.